The van der Waals surface area contributed by atoms with E-state index in [1.165, 1.54) is 0 Å². The van der Waals surface area contributed by atoms with Gasteiger partial charge in [-0.15, -0.1) is 0 Å². The Bertz CT molecular complexity index is 1080. The number of carbonyl (C=O) groups is 4. The number of unbranched alkanes of at least 4 members (excludes halogenated alkanes) is 1. The minimum Gasteiger partial charge on any atom is -0.445 e. The van der Waals surface area contributed by atoms with Crippen LogP contribution in [-0.4, -0.2) is 47.1 Å². The van der Waals surface area contributed by atoms with Gasteiger partial charge in [-0.25, -0.2) is 9.59 Å². The van der Waals surface area contributed by atoms with Gasteiger partial charge in [0.1, 0.15) is 18.2 Å². The molecule has 2 aromatic carbocycles. The highest BCUT2D eigenvalue weighted by molar-refractivity contribution is 6.09. The van der Waals surface area contributed by atoms with Crippen molar-refractivity contribution < 1.29 is 28.7 Å². The Kier molecular flexibility index (Phi) is 9.05. The van der Waals surface area contributed by atoms with Crippen molar-refractivity contribution in [1.82, 2.24) is 15.5 Å². The van der Waals surface area contributed by atoms with Crippen molar-refractivity contribution in [3.8, 4) is 0 Å². The molecule has 0 aromatic heterocycles. The molecule has 0 spiro atoms. The summed E-state index contributed by atoms with van der Waals surface area (Å²) in [6, 6.07) is 15.5. The fourth-order valence-electron chi connectivity index (χ4n) is 3.77. The van der Waals surface area contributed by atoms with Gasteiger partial charge in [0.05, 0.1) is 6.54 Å². The molecular weight excluding hydrogens is 462 g/mol. The average molecular weight is 496 g/mol. The first-order valence-electron chi connectivity index (χ1n) is 12.0. The molecule has 192 valence electrons. The van der Waals surface area contributed by atoms with Crippen molar-refractivity contribution in [1.29, 1.82) is 0 Å². The second-order valence-electron chi connectivity index (χ2n) is 9.57. The lowest BCUT2D eigenvalue weighted by Gasteiger charge is -2.25. The summed E-state index contributed by atoms with van der Waals surface area (Å²) in [4.78, 5) is 51.5. The van der Waals surface area contributed by atoms with Gasteiger partial charge in [0, 0.05) is 12.1 Å². The SMILES string of the molecule is CC(C)(C)OC(=O)N[C@@H](CCCCNC(=O)OCc1ccccc1)C(=O)N1Cc2ccccc2C1=O. The lowest BCUT2D eigenvalue weighted by molar-refractivity contribution is -0.131. The van der Waals surface area contributed by atoms with Gasteiger partial charge in [0.15, 0.2) is 0 Å². The molecule has 2 aromatic rings. The van der Waals surface area contributed by atoms with Gasteiger partial charge in [0.2, 0.25) is 0 Å². The molecule has 0 unspecified atom stereocenters. The third-order valence-electron chi connectivity index (χ3n) is 5.48. The zero-order valence-electron chi connectivity index (χ0n) is 20.9. The predicted octanol–water partition coefficient (Wildman–Crippen LogP) is 4.16. The van der Waals surface area contributed by atoms with E-state index < -0.39 is 29.7 Å². The lowest BCUT2D eigenvalue weighted by Crippen LogP contribution is -2.49. The summed E-state index contributed by atoms with van der Waals surface area (Å²) in [6.45, 7) is 5.87. The van der Waals surface area contributed by atoms with E-state index in [1.807, 2.05) is 36.4 Å². The fourth-order valence-corrected chi connectivity index (χ4v) is 3.77. The molecule has 0 fully saturated rings. The second-order valence-corrected chi connectivity index (χ2v) is 9.57. The number of nitrogens with zero attached hydrogens (tertiary/aromatic N) is 1. The molecule has 9 nitrogen and oxygen atoms in total. The molecule has 0 aliphatic carbocycles. The van der Waals surface area contributed by atoms with Gasteiger partial charge in [-0.3, -0.25) is 14.5 Å². The third-order valence-corrected chi connectivity index (χ3v) is 5.48. The molecule has 1 aliphatic heterocycles. The van der Waals surface area contributed by atoms with Crippen LogP contribution in [0.15, 0.2) is 54.6 Å². The van der Waals surface area contributed by atoms with E-state index in [0.717, 1.165) is 16.0 Å². The van der Waals surface area contributed by atoms with Crippen LogP contribution in [0, 0.1) is 0 Å². The van der Waals surface area contributed by atoms with Crippen molar-refractivity contribution in [2.75, 3.05) is 6.54 Å². The van der Waals surface area contributed by atoms with Crippen molar-refractivity contribution in [2.24, 2.45) is 0 Å². The van der Waals surface area contributed by atoms with Crippen molar-refractivity contribution in [2.45, 2.75) is 64.8 Å². The molecule has 4 amide bonds. The highest BCUT2D eigenvalue weighted by Gasteiger charge is 2.36. The number of fused-ring (bicyclic) bond motifs is 1. The zero-order chi connectivity index (χ0) is 26.1. The molecule has 0 bridgehead atoms. The van der Waals surface area contributed by atoms with Crippen LogP contribution in [-0.2, 0) is 27.4 Å². The Morgan fingerprint density at radius 3 is 2.36 bits per heavy atom. The third kappa shape index (κ3) is 7.83. The van der Waals surface area contributed by atoms with Crippen LogP contribution in [0.1, 0.15) is 61.5 Å². The maximum Gasteiger partial charge on any atom is 0.408 e. The summed E-state index contributed by atoms with van der Waals surface area (Å²) >= 11 is 0. The number of ether oxygens (including phenoxy) is 2. The fraction of sp³-hybridized carbons (Fsp3) is 0.407. The normalized spacial score (nSPS) is 13.5. The second kappa shape index (κ2) is 12.2. The Labute approximate surface area is 211 Å². The van der Waals surface area contributed by atoms with Crippen LogP contribution in [0.25, 0.3) is 0 Å². The Hall–Kier alpha value is -3.88. The standard InChI is InChI=1S/C27H33N3O6/c1-27(2,3)36-26(34)29-22(24(32)30-17-20-13-7-8-14-21(20)23(30)31)15-9-10-16-28-25(33)35-18-19-11-5-4-6-12-19/h4-8,11-14,22H,9-10,15-18H2,1-3H3,(H,28,33)(H,29,34)/t22-/m0/s1. The lowest BCUT2D eigenvalue weighted by atomic mass is 10.1. The monoisotopic (exact) mass is 495 g/mol. The Balaban J connectivity index is 1.51. The number of nitrogens with one attached hydrogen (secondary N) is 2. The molecule has 3 rings (SSSR count). The van der Waals surface area contributed by atoms with Crippen molar-refractivity contribution >= 4 is 24.0 Å². The summed E-state index contributed by atoms with van der Waals surface area (Å²) in [5, 5.41) is 5.30. The maximum atomic E-state index is 13.3. The first-order valence-corrected chi connectivity index (χ1v) is 12.0. The zero-order valence-corrected chi connectivity index (χ0v) is 20.9. The Morgan fingerprint density at radius 2 is 1.67 bits per heavy atom. The molecule has 0 saturated heterocycles. The molecule has 36 heavy (non-hydrogen) atoms. The largest absolute Gasteiger partial charge is 0.445 e. The summed E-state index contributed by atoms with van der Waals surface area (Å²) in [6.07, 6.45) is 0.0828. The van der Waals surface area contributed by atoms with Crippen LogP contribution in [0.5, 0.6) is 0 Å². The van der Waals surface area contributed by atoms with Gasteiger partial charge in [-0.1, -0.05) is 48.5 Å². The van der Waals surface area contributed by atoms with Gasteiger partial charge in [-0.2, -0.15) is 0 Å². The highest BCUT2D eigenvalue weighted by atomic mass is 16.6. The van der Waals surface area contributed by atoms with Gasteiger partial charge in [-0.05, 0) is 57.2 Å². The number of carbonyl (C=O) groups excluding carboxylic acids is 4. The van der Waals surface area contributed by atoms with E-state index in [4.69, 9.17) is 9.47 Å². The minimum absolute atomic E-state index is 0.162. The number of alkyl carbamates (subject to hydrolysis) is 2. The van der Waals surface area contributed by atoms with Crippen LogP contribution in [0.2, 0.25) is 0 Å². The van der Waals surface area contributed by atoms with Crippen LogP contribution >= 0.6 is 0 Å². The van der Waals surface area contributed by atoms with Gasteiger partial charge < -0.3 is 20.1 Å². The maximum absolute atomic E-state index is 13.3. The Morgan fingerprint density at radius 1 is 0.972 bits per heavy atom. The highest BCUT2D eigenvalue weighted by Crippen LogP contribution is 2.24. The van der Waals surface area contributed by atoms with E-state index in [1.54, 1.807) is 39.0 Å². The molecule has 1 aliphatic rings. The predicted molar refractivity (Wildman–Crippen MR) is 133 cm³/mol. The molecule has 1 heterocycles. The first kappa shape index (κ1) is 26.7. The first-order chi connectivity index (χ1) is 17.1. The molecule has 9 heteroatoms. The smallest absolute Gasteiger partial charge is 0.408 e. The van der Waals surface area contributed by atoms with Crippen LogP contribution in [0.3, 0.4) is 0 Å². The molecule has 1 atom stereocenters. The summed E-state index contributed by atoms with van der Waals surface area (Å²) in [5.41, 5.74) is 1.41. The molecule has 0 radical (unpaired) electrons. The van der Waals surface area contributed by atoms with Crippen LogP contribution in [0.4, 0.5) is 9.59 Å². The van der Waals surface area contributed by atoms with Crippen LogP contribution < -0.4 is 10.6 Å². The number of rotatable bonds is 9. The van der Waals surface area contributed by atoms with Gasteiger partial charge in [0.25, 0.3) is 11.8 Å². The van der Waals surface area contributed by atoms with Crippen molar-refractivity contribution in [3.05, 3.63) is 71.3 Å². The summed E-state index contributed by atoms with van der Waals surface area (Å²) in [7, 11) is 0. The van der Waals surface area contributed by atoms with E-state index in [9.17, 15) is 19.2 Å². The van der Waals surface area contributed by atoms with E-state index in [-0.39, 0.29) is 25.5 Å². The van der Waals surface area contributed by atoms with E-state index in [2.05, 4.69) is 10.6 Å². The quantitative estimate of drug-likeness (QED) is 0.505. The number of hydrogen-bond acceptors (Lipinski definition) is 6. The molecule has 0 saturated carbocycles. The molecule has 2 N–H and O–H groups in total. The number of imide groups is 1. The average Bonchev–Trinajstić information content (AvgIpc) is 3.17. The summed E-state index contributed by atoms with van der Waals surface area (Å²) in [5.74, 6) is -0.869. The number of benzene rings is 2. The molecular formula is C27H33N3O6. The van der Waals surface area contributed by atoms with E-state index >= 15 is 0 Å². The van der Waals surface area contributed by atoms with Crippen molar-refractivity contribution in [3.63, 3.8) is 0 Å². The number of hydrogen-bond donors (Lipinski definition) is 2. The summed E-state index contributed by atoms with van der Waals surface area (Å²) < 4.78 is 10.5. The minimum atomic E-state index is -0.942. The topological polar surface area (TPSA) is 114 Å². The number of amides is 4. The van der Waals surface area contributed by atoms with E-state index in [0.29, 0.717) is 24.9 Å². The van der Waals surface area contributed by atoms with Gasteiger partial charge >= 0.3 is 12.2 Å².